The Balaban J connectivity index is 2.15. The zero-order valence-electron chi connectivity index (χ0n) is 11.5. The minimum Gasteiger partial charge on any atom is -0.369 e. The van der Waals surface area contributed by atoms with Crippen LogP contribution in [0.1, 0.15) is 31.4 Å². The van der Waals surface area contributed by atoms with Crippen LogP contribution in [0, 0.1) is 3.57 Å². The van der Waals surface area contributed by atoms with E-state index in [1.54, 1.807) is 12.1 Å². The van der Waals surface area contributed by atoms with E-state index >= 15 is 0 Å². The lowest BCUT2D eigenvalue weighted by Gasteiger charge is -2.13. The largest absolute Gasteiger partial charge is 0.369 e. The third-order valence-electron chi connectivity index (χ3n) is 3.35. The fraction of sp³-hybridized carbons (Fsp3) is 0.333. The second kappa shape index (κ2) is 6.26. The van der Waals surface area contributed by atoms with Gasteiger partial charge in [-0.2, -0.15) is 0 Å². The fourth-order valence-electron chi connectivity index (χ4n) is 2.17. The van der Waals surface area contributed by atoms with Crippen LogP contribution in [0.3, 0.4) is 0 Å². The monoisotopic (exact) mass is 433 g/mol. The predicted octanol–water partition coefficient (Wildman–Crippen LogP) is 5.36. The molecule has 3 rings (SSSR count). The highest BCUT2D eigenvalue weighted by molar-refractivity contribution is 14.1. The van der Waals surface area contributed by atoms with Crippen LogP contribution in [0.4, 0.5) is 5.82 Å². The number of benzene rings is 1. The van der Waals surface area contributed by atoms with Gasteiger partial charge in [0.2, 0.25) is 0 Å². The van der Waals surface area contributed by atoms with E-state index in [0.717, 1.165) is 27.2 Å². The van der Waals surface area contributed by atoms with Gasteiger partial charge in [0.05, 0.1) is 14.3 Å². The second-order valence-electron chi connectivity index (χ2n) is 5.02. The Hall–Kier alpha value is -0.590. The maximum Gasteiger partial charge on any atom is 0.163 e. The molecule has 1 aromatic carbocycles. The summed E-state index contributed by atoms with van der Waals surface area (Å²) >= 11 is 14.7. The second-order valence-corrected chi connectivity index (χ2v) is 6.95. The van der Waals surface area contributed by atoms with Crippen molar-refractivity contribution < 1.29 is 0 Å². The Morgan fingerprint density at radius 1 is 1.29 bits per heavy atom. The van der Waals surface area contributed by atoms with Crippen LogP contribution in [-0.4, -0.2) is 16.5 Å². The first-order valence-electron chi connectivity index (χ1n) is 6.87. The summed E-state index contributed by atoms with van der Waals surface area (Å²) < 4.78 is 1.11. The molecule has 21 heavy (non-hydrogen) atoms. The summed E-state index contributed by atoms with van der Waals surface area (Å²) in [5, 5.41) is 4.56. The average molecular weight is 434 g/mol. The van der Waals surface area contributed by atoms with Crippen molar-refractivity contribution in [2.75, 3.05) is 11.9 Å². The number of hydrogen-bond donors (Lipinski definition) is 1. The van der Waals surface area contributed by atoms with Crippen molar-refractivity contribution in [2.24, 2.45) is 0 Å². The zero-order valence-corrected chi connectivity index (χ0v) is 15.1. The first-order chi connectivity index (χ1) is 10.1. The smallest absolute Gasteiger partial charge is 0.163 e. The van der Waals surface area contributed by atoms with Crippen LogP contribution in [0.5, 0.6) is 0 Å². The molecule has 1 heterocycles. The summed E-state index contributed by atoms with van der Waals surface area (Å²) in [6.07, 6.45) is 2.39. The molecule has 1 N–H and O–H groups in total. The summed E-state index contributed by atoms with van der Waals surface area (Å²) in [7, 11) is 0. The van der Waals surface area contributed by atoms with E-state index in [0.29, 0.717) is 21.8 Å². The van der Waals surface area contributed by atoms with Crippen molar-refractivity contribution in [2.45, 2.75) is 25.7 Å². The fourth-order valence-corrected chi connectivity index (χ4v) is 3.41. The molecule has 0 bridgehead atoms. The summed E-state index contributed by atoms with van der Waals surface area (Å²) in [5.74, 6) is 2.07. The van der Waals surface area contributed by atoms with Gasteiger partial charge in [-0.1, -0.05) is 23.2 Å². The van der Waals surface area contributed by atoms with Gasteiger partial charge < -0.3 is 5.32 Å². The van der Waals surface area contributed by atoms with Crippen LogP contribution >= 0.6 is 45.8 Å². The molecular weight excluding hydrogens is 420 g/mol. The maximum absolute atomic E-state index is 6.29. The van der Waals surface area contributed by atoms with Crippen molar-refractivity contribution in [3.8, 4) is 11.4 Å². The minimum absolute atomic E-state index is 0.550. The molecule has 1 aliphatic rings. The third-order valence-corrected chi connectivity index (χ3v) is 4.98. The molecule has 1 fully saturated rings. The van der Waals surface area contributed by atoms with Gasteiger partial charge in [-0.15, -0.1) is 0 Å². The number of hydrogen-bond acceptors (Lipinski definition) is 3. The number of nitrogens with zero attached hydrogens (tertiary/aromatic N) is 2. The van der Waals surface area contributed by atoms with Crippen molar-refractivity contribution in [3.63, 3.8) is 0 Å². The summed E-state index contributed by atoms with van der Waals surface area (Å²) in [4.78, 5) is 9.38. The van der Waals surface area contributed by atoms with Crippen LogP contribution in [0.25, 0.3) is 11.4 Å². The lowest BCUT2D eigenvalue weighted by Crippen LogP contribution is -2.07. The number of aromatic nitrogens is 2. The predicted molar refractivity (Wildman–Crippen MR) is 96.3 cm³/mol. The van der Waals surface area contributed by atoms with Gasteiger partial charge in [0.15, 0.2) is 5.82 Å². The molecule has 0 radical (unpaired) electrons. The number of rotatable bonds is 4. The van der Waals surface area contributed by atoms with E-state index in [-0.39, 0.29) is 0 Å². The van der Waals surface area contributed by atoms with Crippen LogP contribution in [0.15, 0.2) is 18.2 Å². The Morgan fingerprint density at radius 2 is 2.05 bits per heavy atom. The van der Waals surface area contributed by atoms with Gasteiger partial charge in [-0.25, -0.2) is 9.97 Å². The van der Waals surface area contributed by atoms with Crippen LogP contribution in [-0.2, 0) is 0 Å². The lowest BCUT2D eigenvalue weighted by atomic mass is 10.2. The molecule has 0 atom stereocenters. The van der Waals surface area contributed by atoms with Gasteiger partial charge in [-0.3, -0.25) is 0 Å². The molecule has 0 amide bonds. The quantitative estimate of drug-likeness (QED) is 0.659. The van der Waals surface area contributed by atoms with Gasteiger partial charge in [0.1, 0.15) is 5.82 Å². The molecule has 1 aliphatic carbocycles. The zero-order chi connectivity index (χ0) is 15.0. The molecular formula is C15H14Cl2IN3. The summed E-state index contributed by atoms with van der Waals surface area (Å²) in [6, 6.07) is 5.37. The minimum atomic E-state index is 0.550. The molecule has 1 aromatic heterocycles. The Labute approximate surface area is 147 Å². The molecule has 2 aromatic rings. The molecule has 0 aliphatic heterocycles. The third kappa shape index (κ3) is 3.27. The van der Waals surface area contributed by atoms with E-state index in [4.69, 9.17) is 28.2 Å². The highest BCUT2D eigenvalue weighted by Gasteiger charge is 2.29. The lowest BCUT2D eigenvalue weighted by molar-refractivity contribution is 0.972. The van der Waals surface area contributed by atoms with Crippen molar-refractivity contribution in [1.29, 1.82) is 0 Å². The standard InChI is InChI=1S/C15H14Cl2IN3/c1-2-19-15-12(18)13(8-3-4-8)20-14(21-15)10-7-9(16)5-6-11(10)17/h5-8H,2-4H2,1H3,(H,19,20,21). The van der Waals surface area contributed by atoms with E-state index in [1.165, 1.54) is 12.8 Å². The average Bonchev–Trinajstić information content (AvgIpc) is 3.28. The molecule has 110 valence electrons. The van der Waals surface area contributed by atoms with E-state index in [2.05, 4.69) is 39.8 Å². The summed E-state index contributed by atoms with van der Waals surface area (Å²) in [5.41, 5.74) is 1.90. The van der Waals surface area contributed by atoms with Gasteiger partial charge in [0, 0.05) is 23.0 Å². The molecule has 1 saturated carbocycles. The molecule has 6 heteroatoms. The first kappa shape index (κ1) is 15.3. The summed E-state index contributed by atoms with van der Waals surface area (Å²) in [6.45, 7) is 2.88. The van der Waals surface area contributed by atoms with E-state index < -0.39 is 0 Å². The first-order valence-corrected chi connectivity index (χ1v) is 8.70. The Kier molecular flexibility index (Phi) is 4.57. The number of halogens is 3. The van der Waals surface area contributed by atoms with Crippen LogP contribution in [0.2, 0.25) is 10.0 Å². The SMILES string of the molecule is CCNc1nc(-c2cc(Cl)ccc2Cl)nc(C2CC2)c1I. The molecule has 0 spiro atoms. The van der Waals surface area contributed by atoms with Crippen molar-refractivity contribution in [3.05, 3.63) is 37.5 Å². The molecule has 0 saturated heterocycles. The molecule has 0 unspecified atom stereocenters. The van der Waals surface area contributed by atoms with Crippen molar-refractivity contribution >= 4 is 51.6 Å². The van der Waals surface area contributed by atoms with Gasteiger partial charge in [0.25, 0.3) is 0 Å². The normalized spacial score (nSPS) is 14.3. The van der Waals surface area contributed by atoms with Crippen LogP contribution < -0.4 is 5.32 Å². The number of nitrogens with one attached hydrogen (secondary N) is 1. The van der Waals surface area contributed by atoms with Gasteiger partial charge >= 0.3 is 0 Å². The van der Waals surface area contributed by atoms with E-state index in [9.17, 15) is 0 Å². The Bertz CT molecular complexity index is 687. The topological polar surface area (TPSA) is 37.8 Å². The van der Waals surface area contributed by atoms with Crippen molar-refractivity contribution in [1.82, 2.24) is 9.97 Å². The highest BCUT2D eigenvalue weighted by atomic mass is 127. The number of anilines is 1. The molecule has 3 nitrogen and oxygen atoms in total. The highest BCUT2D eigenvalue weighted by Crippen LogP contribution is 2.43. The Morgan fingerprint density at radius 3 is 2.71 bits per heavy atom. The maximum atomic E-state index is 6.29. The van der Waals surface area contributed by atoms with Gasteiger partial charge in [-0.05, 0) is 60.6 Å². The van der Waals surface area contributed by atoms with E-state index in [1.807, 2.05) is 6.07 Å².